The summed E-state index contributed by atoms with van der Waals surface area (Å²) in [5.41, 5.74) is 3.78. The summed E-state index contributed by atoms with van der Waals surface area (Å²) in [5, 5.41) is 0.755. The van der Waals surface area contributed by atoms with Crippen molar-refractivity contribution in [3.8, 4) is 0 Å². The minimum Gasteiger partial charge on any atom is -0.302 e. The maximum absolute atomic E-state index is 12.7. The van der Waals surface area contributed by atoms with Crippen LogP contribution < -0.4 is 0 Å². The molecule has 3 rings (SSSR count). The summed E-state index contributed by atoms with van der Waals surface area (Å²) < 4.78 is 0. The molecule has 120 valence electrons. The number of hydrogen-bond donors (Lipinski definition) is 0. The van der Waals surface area contributed by atoms with Crippen molar-refractivity contribution >= 4 is 17.4 Å². The Balaban J connectivity index is 1.92. The van der Waals surface area contributed by atoms with Crippen molar-refractivity contribution in [2.24, 2.45) is 0 Å². The zero-order chi connectivity index (χ0) is 16.4. The Bertz CT molecular complexity index is 693. The Morgan fingerprint density at radius 2 is 1.83 bits per heavy atom. The predicted molar refractivity (Wildman–Crippen MR) is 95.3 cm³/mol. The van der Waals surface area contributed by atoms with Crippen LogP contribution in [0.1, 0.15) is 34.9 Å². The van der Waals surface area contributed by atoms with Gasteiger partial charge in [-0.25, -0.2) is 0 Å². The third-order valence-electron chi connectivity index (χ3n) is 4.62. The number of ketones is 1. The standard InChI is InChI=1S/C20H22ClNO/c1-22(2)13-20(23)19-12-16(14-7-9-17(21)10-8-14)11-15-5-3-4-6-18(15)19/h3-10,16,19H,11-13H2,1-2H3. The average molecular weight is 328 g/mol. The lowest BCUT2D eigenvalue weighted by atomic mass is 9.73. The molecule has 2 unspecified atom stereocenters. The highest BCUT2D eigenvalue weighted by molar-refractivity contribution is 6.30. The summed E-state index contributed by atoms with van der Waals surface area (Å²) in [7, 11) is 3.90. The summed E-state index contributed by atoms with van der Waals surface area (Å²) in [5.74, 6) is 0.669. The number of rotatable bonds is 4. The molecule has 3 heteroatoms. The molecule has 2 aromatic carbocycles. The predicted octanol–water partition coefficient (Wildman–Crippen LogP) is 4.28. The average Bonchev–Trinajstić information content (AvgIpc) is 2.54. The van der Waals surface area contributed by atoms with Crippen LogP contribution in [0.25, 0.3) is 0 Å². The molecule has 0 heterocycles. The number of hydrogen-bond acceptors (Lipinski definition) is 2. The van der Waals surface area contributed by atoms with Gasteiger partial charge >= 0.3 is 0 Å². The topological polar surface area (TPSA) is 20.3 Å². The van der Waals surface area contributed by atoms with E-state index in [0.29, 0.717) is 18.2 Å². The SMILES string of the molecule is CN(C)CC(=O)C1CC(c2ccc(Cl)cc2)Cc2ccccc21. The lowest BCUT2D eigenvalue weighted by Gasteiger charge is -2.31. The Morgan fingerprint density at radius 1 is 1.13 bits per heavy atom. The van der Waals surface area contributed by atoms with Gasteiger partial charge in [0.1, 0.15) is 0 Å². The van der Waals surface area contributed by atoms with E-state index in [2.05, 4.69) is 30.3 Å². The first-order valence-corrected chi connectivity index (χ1v) is 8.43. The molecular formula is C20H22ClNO. The van der Waals surface area contributed by atoms with Crippen LogP contribution in [0.3, 0.4) is 0 Å². The number of carbonyl (C=O) groups is 1. The largest absolute Gasteiger partial charge is 0.302 e. The smallest absolute Gasteiger partial charge is 0.154 e. The number of fused-ring (bicyclic) bond motifs is 1. The zero-order valence-electron chi connectivity index (χ0n) is 13.6. The molecule has 0 N–H and O–H groups in total. The van der Waals surface area contributed by atoms with Gasteiger partial charge in [-0.15, -0.1) is 0 Å². The van der Waals surface area contributed by atoms with E-state index < -0.39 is 0 Å². The van der Waals surface area contributed by atoms with Crippen LogP contribution in [0.15, 0.2) is 48.5 Å². The Morgan fingerprint density at radius 3 is 2.52 bits per heavy atom. The van der Waals surface area contributed by atoms with Gasteiger partial charge in [0.05, 0.1) is 6.54 Å². The molecule has 2 atom stereocenters. The molecule has 0 bridgehead atoms. The monoisotopic (exact) mass is 327 g/mol. The molecule has 1 aliphatic carbocycles. The fraction of sp³-hybridized carbons (Fsp3) is 0.350. The molecule has 2 aromatic rings. The van der Waals surface area contributed by atoms with Crippen molar-refractivity contribution < 1.29 is 4.79 Å². The quantitative estimate of drug-likeness (QED) is 0.835. The first-order chi connectivity index (χ1) is 11.0. The lowest BCUT2D eigenvalue weighted by molar-refractivity contribution is -0.121. The molecule has 0 spiro atoms. The summed E-state index contributed by atoms with van der Waals surface area (Å²) in [6, 6.07) is 16.4. The van der Waals surface area contributed by atoms with E-state index >= 15 is 0 Å². The molecule has 0 amide bonds. The number of halogens is 1. The fourth-order valence-electron chi connectivity index (χ4n) is 3.54. The van der Waals surface area contributed by atoms with Gasteiger partial charge in [0.2, 0.25) is 0 Å². The molecule has 0 fully saturated rings. The van der Waals surface area contributed by atoms with E-state index in [1.165, 1.54) is 16.7 Å². The molecular weight excluding hydrogens is 306 g/mol. The molecule has 0 radical (unpaired) electrons. The minimum absolute atomic E-state index is 0.0111. The van der Waals surface area contributed by atoms with E-state index in [4.69, 9.17) is 11.6 Å². The van der Waals surface area contributed by atoms with Crippen molar-refractivity contribution in [1.29, 1.82) is 0 Å². The Kier molecular flexibility index (Phi) is 4.84. The van der Waals surface area contributed by atoms with Gasteiger partial charge < -0.3 is 4.90 Å². The second-order valence-electron chi connectivity index (χ2n) is 6.64. The van der Waals surface area contributed by atoms with Crippen LogP contribution in [-0.4, -0.2) is 31.3 Å². The Hall–Kier alpha value is -1.64. The van der Waals surface area contributed by atoms with Gasteiger partial charge in [-0.3, -0.25) is 4.79 Å². The lowest BCUT2D eigenvalue weighted by Crippen LogP contribution is -2.30. The van der Waals surface area contributed by atoms with Gasteiger partial charge in [-0.2, -0.15) is 0 Å². The zero-order valence-corrected chi connectivity index (χ0v) is 14.4. The van der Waals surface area contributed by atoms with Gasteiger partial charge in [0, 0.05) is 10.9 Å². The van der Waals surface area contributed by atoms with Gasteiger partial charge in [0.25, 0.3) is 0 Å². The van der Waals surface area contributed by atoms with Crippen molar-refractivity contribution in [2.45, 2.75) is 24.7 Å². The fourth-order valence-corrected chi connectivity index (χ4v) is 3.66. The van der Waals surface area contributed by atoms with Crippen LogP contribution in [0, 0.1) is 0 Å². The second kappa shape index (κ2) is 6.86. The van der Waals surface area contributed by atoms with E-state index in [1.807, 2.05) is 37.2 Å². The van der Waals surface area contributed by atoms with Crippen molar-refractivity contribution in [3.05, 3.63) is 70.2 Å². The van der Waals surface area contributed by atoms with Crippen LogP contribution >= 0.6 is 11.6 Å². The third kappa shape index (κ3) is 3.65. The molecule has 23 heavy (non-hydrogen) atoms. The minimum atomic E-state index is -0.0111. The molecule has 0 aliphatic heterocycles. The van der Waals surface area contributed by atoms with Crippen molar-refractivity contribution in [1.82, 2.24) is 4.90 Å². The van der Waals surface area contributed by atoms with Crippen LogP contribution in [0.4, 0.5) is 0 Å². The summed E-state index contributed by atoms with van der Waals surface area (Å²) in [6.07, 6.45) is 1.87. The number of benzene rings is 2. The molecule has 0 saturated heterocycles. The highest BCUT2D eigenvalue weighted by Gasteiger charge is 2.32. The normalized spacial score (nSPS) is 20.3. The molecule has 1 aliphatic rings. The van der Waals surface area contributed by atoms with Gasteiger partial charge in [-0.1, -0.05) is 48.0 Å². The number of Topliss-reactive ketones (excluding diaryl/α,β-unsaturated/α-hetero) is 1. The Labute approximate surface area is 143 Å². The molecule has 0 aromatic heterocycles. The van der Waals surface area contributed by atoms with Crippen LogP contribution in [-0.2, 0) is 11.2 Å². The van der Waals surface area contributed by atoms with E-state index in [-0.39, 0.29) is 5.92 Å². The van der Waals surface area contributed by atoms with E-state index in [9.17, 15) is 4.79 Å². The molecule has 2 nitrogen and oxygen atoms in total. The summed E-state index contributed by atoms with van der Waals surface area (Å²) >= 11 is 6.01. The van der Waals surface area contributed by atoms with Gasteiger partial charge in [0.15, 0.2) is 5.78 Å². The first kappa shape index (κ1) is 16.2. The molecule has 0 saturated carbocycles. The van der Waals surface area contributed by atoms with Crippen LogP contribution in [0.5, 0.6) is 0 Å². The van der Waals surface area contributed by atoms with Gasteiger partial charge in [-0.05, 0) is 61.7 Å². The maximum atomic E-state index is 12.7. The second-order valence-corrected chi connectivity index (χ2v) is 7.08. The summed E-state index contributed by atoms with van der Waals surface area (Å²) in [6.45, 7) is 0.492. The van der Waals surface area contributed by atoms with Crippen LogP contribution in [0.2, 0.25) is 5.02 Å². The highest BCUT2D eigenvalue weighted by Crippen LogP contribution is 2.40. The maximum Gasteiger partial charge on any atom is 0.154 e. The first-order valence-electron chi connectivity index (χ1n) is 8.05. The number of carbonyl (C=O) groups excluding carboxylic acids is 1. The van der Waals surface area contributed by atoms with Crippen molar-refractivity contribution in [2.75, 3.05) is 20.6 Å². The third-order valence-corrected chi connectivity index (χ3v) is 4.87. The van der Waals surface area contributed by atoms with Crippen molar-refractivity contribution in [3.63, 3.8) is 0 Å². The van der Waals surface area contributed by atoms with E-state index in [0.717, 1.165) is 17.9 Å². The highest BCUT2D eigenvalue weighted by atomic mass is 35.5. The number of nitrogens with zero attached hydrogens (tertiary/aromatic N) is 1. The summed E-state index contributed by atoms with van der Waals surface area (Å²) in [4.78, 5) is 14.7. The number of likely N-dealkylation sites (N-methyl/N-ethyl adjacent to an activating group) is 1. The van der Waals surface area contributed by atoms with E-state index in [1.54, 1.807) is 0 Å².